The molecule has 23 heavy (non-hydrogen) atoms. The number of aliphatic imine (C=N–C) groups is 1. The lowest BCUT2D eigenvalue weighted by Crippen LogP contribution is -2.38. The van der Waals surface area contributed by atoms with Crippen LogP contribution in [0.4, 0.5) is 8.78 Å². The van der Waals surface area contributed by atoms with E-state index in [1.54, 1.807) is 24.5 Å². The van der Waals surface area contributed by atoms with Crippen LogP contribution in [0.2, 0.25) is 0 Å². The van der Waals surface area contributed by atoms with Crippen molar-refractivity contribution in [1.29, 1.82) is 0 Å². The lowest BCUT2D eigenvalue weighted by Gasteiger charge is -2.18. The van der Waals surface area contributed by atoms with Gasteiger partial charge >= 0.3 is 0 Å². The first-order valence-electron chi connectivity index (χ1n) is 7.39. The van der Waals surface area contributed by atoms with Crippen molar-refractivity contribution < 1.29 is 8.78 Å². The number of aryl methyl sites for hydroxylation is 1. The summed E-state index contributed by atoms with van der Waals surface area (Å²) in [5.74, 6) is -1.12. The van der Waals surface area contributed by atoms with Gasteiger partial charge in [0.1, 0.15) is 0 Å². The van der Waals surface area contributed by atoms with Crippen LogP contribution in [-0.2, 0) is 13.0 Å². The average molecular weight is 338 g/mol. The maximum atomic E-state index is 13.3. The zero-order valence-electron chi connectivity index (χ0n) is 13.4. The number of benzene rings is 1. The van der Waals surface area contributed by atoms with Crippen molar-refractivity contribution in [2.45, 2.75) is 32.9 Å². The summed E-state index contributed by atoms with van der Waals surface area (Å²) < 4.78 is 26.3. The second-order valence-corrected chi connectivity index (χ2v) is 5.99. The van der Waals surface area contributed by atoms with Gasteiger partial charge in [0.05, 0.1) is 23.3 Å². The topological polar surface area (TPSA) is 49.3 Å². The normalized spacial score (nSPS) is 13.0. The Bertz CT molecular complexity index is 684. The van der Waals surface area contributed by atoms with Crippen molar-refractivity contribution in [1.82, 2.24) is 15.6 Å². The molecule has 1 heterocycles. The summed E-state index contributed by atoms with van der Waals surface area (Å²) in [6.45, 7) is 4.48. The molecule has 124 valence electrons. The monoisotopic (exact) mass is 338 g/mol. The van der Waals surface area contributed by atoms with Gasteiger partial charge in [0.25, 0.3) is 0 Å². The van der Waals surface area contributed by atoms with Gasteiger partial charge in [-0.3, -0.25) is 4.99 Å². The molecule has 0 bridgehead atoms. The van der Waals surface area contributed by atoms with Gasteiger partial charge in [-0.15, -0.1) is 11.3 Å². The fraction of sp³-hybridized carbons (Fsp3) is 0.375. The van der Waals surface area contributed by atoms with Gasteiger partial charge in [-0.2, -0.15) is 0 Å². The van der Waals surface area contributed by atoms with Crippen molar-refractivity contribution >= 4 is 17.3 Å². The SMILES string of the molecule is CCc1nc(CNC(=NC)NC(C)c2ccc(F)c(F)c2)cs1. The molecule has 0 spiro atoms. The minimum Gasteiger partial charge on any atom is -0.351 e. The van der Waals surface area contributed by atoms with Crippen LogP contribution in [0.1, 0.15) is 36.2 Å². The van der Waals surface area contributed by atoms with Crippen LogP contribution in [0.3, 0.4) is 0 Å². The first-order chi connectivity index (χ1) is 11.0. The van der Waals surface area contributed by atoms with E-state index < -0.39 is 11.6 Å². The number of hydrogen-bond acceptors (Lipinski definition) is 3. The standard InChI is InChI=1S/C16H20F2N4S/c1-4-15-22-12(9-23-15)8-20-16(19-3)21-10(2)11-5-6-13(17)14(18)7-11/h5-7,9-10H,4,8H2,1-3H3,(H2,19,20,21). The van der Waals surface area contributed by atoms with Gasteiger partial charge in [-0.1, -0.05) is 13.0 Å². The molecule has 2 N–H and O–H groups in total. The number of nitrogens with zero attached hydrogens (tertiary/aromatic N) is 2. The molecular formula is C16H20F2N4S. The Morgan fingerprint density at radius 2 is 2.13 bits per heavy atom. The molecule has 1 unspecified atom stereocenters. The van der Waals surface area contributed by atoms with Crippen LogP contribution >= 0.6 is 11.3 Å². The lowest BCUT2D eigenvalue weighted by atomic mass is 10.1. The predicted octanol–water partition coefficient (Wildman–Crippen LogP) is 3.41. The third kappa shape index (κ3) is 4.72. The van der Waals surface area contributed by atoms with Gasteiger partial charge in [-0.05, 0) is 31.0 Å². The van der Waals surface area contributed by atoms with Gasteiger partial charge in [-0.25, -0.2) is 13.8 Å². The summed E-state index contributed by atoms with van der Waals surface area (Å²) in [5, 5.41) is 9.42. The Hall–Kier alpha value is -2.02. The highest BCUT2D eigenvalue weighted by Gasteiger charge is 2.11. The van der Waals surface area contributed by atoms with Crippen molar-refractivity contribution in [2.24, 2.45) is 4.99 Å². The lowest BCUT2D eigenvalue weighted by molar-refractivity contribution is 0.504. The van der Waals surface area contributed by atoms with E-state index in [4.69, 9.17) is 0 Å². The Balaban J connectivity index is 1.94. The summed E-state index contributed by atoms with van der Waals surface area (Å²) in [4.78, 5) is 8.61. The van der Waals surface area contributed by atoms with E-state index in [9.17, 15) is 8.78 Å². The van der Waals surface area contributed by atoms with E-state index in [-0.39, 0.29) is 6.04 Å². The number of nitrogens with one attached hydrogen (secondary N) is 2. The minimum atomic E-state index is -0.853. The Kier molecular flexibility index (Phi) is 6.04. The van der Waals surface area contributed by atoms with Crippen LogP contribution in [0.15, 0.2) is 28.6 Å². The highest BCUT2D eigenvalue weighted by atomic mass is 32.1. The quantitative estimate of drug-likeness (QED) is 0.649. The Morgan fingerprint density at radius 3 is 2.74 bits per heavy atom. The molecule has 2 rings (SSSR count). The maximum absolute atomic E-state index is 13.3. The highest BCUT2D eigenvalue weighted by Crippen LogP contribution is 2.16. The number of rotatable bonds is 5. The fourth-order valence-electron chi connectivity index (χ4n) is 2.03. The zero-order valence-corrected chi connectivity index (χ0v) is 14.2. The summed E-state index contributed by atoms with van der Waals surface area (Å²) in [6, 6.07) is 3.66. The van der Waals surface area contributed by atoms with E-state index >= 15 is 0 Å². The van der Waals surface area contributed by atoms with Crippen molar-refractivity contribution in [2.75, 3.05) is 7.05 Å². The molecule has 0 aliphatic rings. The Labute approximate surface area is 138 Å². The third-order valence-electron chi connectivity index (χ3n) is 3.36. The molecule has 0 amide bonds. The molecule has 1 aromatic carbocycles. The third-order valence-corrected chi connectivity index (χ3v) is 4.40. The van der Waals surface area contributed by atoms with Crippen molar-refractivity contribution in [3.05, 3.63) is 51.5 Å². The molecule has 4 nitrogen and oxygen atoms in total. The van der Waals surface area contributed by atoms with Gasteiger partial charge in [0.15, 0.2) is 17.6 Å². The number of guanidine groups is 1. The maximum Gasteiger partial charge on any atom is 0.191 e. The van der Waals surface area contributed by atoms with Crippen LogP contribution in [0, 0.1) is 11.6 Å². The number of hydrogen-bond donors (Lipinski definition) is 2. The molecule has 2 aromatic rings. The fourth-order valence-corrected chi connectivity index (χ4v) is 2.78. The van der Waals surface area contributed by atoms with Crippen LogP contribution in [0.5, 0.6) is 0 Å². The second kappa shape index (κ2) is 8.01. The molecule has 1 aromatic heterocycles. The summed E-state index contributed by atoms with van der Waals surface area (Å²) in [5.41, 5.74) is 1.60. The molecule has 0 saturated carbocycles. The van der Waals surface area contributed by atoms with E-state index in [0.29, 0.717) is 18.1 Å². The smallest absolute Gasteiger partial charge is 0.191 e. The Morgan fingerprint density at radius 1 is 1.35 bits per heavy atom. The summed E-state index contributed by atoms with van der Waals surface area (Å²) in [7, 11) is 1.66. The summed E-state index contributed by atoms with van der Waals surface area (Å²) in [6.07, 6.45) is 0.921. The molecule has 0 aliphatic heterocycles. The van der Waals surface area contributed by atoms with Crippen molar-refractivity contribution in [3.8, 4) is 0 Å². The molecule has 0 fully saturated rings. The average Bonchev–Trinajstić information content (AvgIpc) is 3.01. The van der Waals surface area contributed by atoms with Crippen LogP contribution in [-0.4, -0.2) is 18.0 Å². The van der Waals surface area contributed by atoms with E-state index in [0.717, 1.165) is 23.2 Å². The van der Waals surface area contributed by atoms with E-state index in [1.807, 2.05) is 12.3 Å². The highest BCUT2D eigenvalue weighted by molar-refractivity contribution is 7.09. The molecule has 0 aliphatic carbocycles. The van der Waals surface area contributed by atoms with Crippen LogP contribution in [0.25, 0.3) is 0 Å². The second-order valence-electron chi connectivity index (χ2n) is 5.05. The zero-order chi connectivity index (χ0) is 16.8. The van der Waals surface area contributed by atoms with E-state index in [2.05, 4.69) is 27.5 Å². The molecule has 7 heteroatoms. The van der Waals surface area contributed by atoms with Crippen LogP contribution < -0.4 is 10.6 Å². The van der Waals surface area contributed by atoms with E-state index in [1.165, 1.54) is 6.07 Å². The molecule has 0 saturated heterocycles. The minimum absolute atomic E-state index is 0.210. The van der Waals surface area contributed by atoms with Gasteiger partial charge in [0, 0.05) is 12.4 Å². The number of thiazole rings is 1. The molecular weight excluding hydrogens is 318 g/mol. The number of halogens is 2. The first-order valence-corrected chi connectivity index (χ1v) is 8.26. The predicted molar refractivity (Wildman–Crippen MR) is 89.6 cm³/mol. The number of aromatic nitrogens is 1. The summed E-state index contributed by atoms with van der Waals surface area (Å²) >= 11 is 1.63. The van der Waals surface area contributed by atoms with Gasteiger partial charge < -0.3 is 10.6 Å². The van der Waals surface area contributed by atoms with Crippen molar-refractivity contribution in [3.63, 3.8) is 0 Å². The van der Waals surface area contributed by atoms with Gasteiger partial charge in [0.2, 0.25) is 0 Å². The molecule has 1 atom stereocenters. The largest absolute Gasteiger partial charge is 0.351 e. The first kappa shape index (κ1) is 17.3. The molecule has 0 radical (unpaired) electrons.